The minimum atomic E-state index is 0.247. The van der Waals surface area contributed by atoms with E-state index in [4.69, 9.17) is 22.4 Å². The maximum atomic E-state index is 11.4. The number of phenolic OH excluding ortho intramolecular Hbond substituents is 1. The lowest BCUT2D eigenvalue weighted by atomic mass is 9.99. The minimum absolute atomic E-state index is 0.247. The van der Waals surface area contributed by atoms with Gasteiger partial charge in [-0.1, -0.05) is 39.8 Å². The van der Waals surface area contributed by atoms with Gasteiger partial charge in [0.25, 0.3) is 0 Å². The summed E-state index contributed by atoms with van der Waals surface area (Å²) in [6.45, 7) is 13.9. The number of aliphatic hydroxyl groups is 2. The quantitative estimate of drug-likeness (QED) is 0.267. The van der Waals surface area contributed by atoms with Gasteiger partial charge in [-0.3, -0.25) is 9.80 Å². The predicted octanol–water partition coefficient (Wildman–Crippen LogP) is 3.47. The lowest BCUT2D eigenvalue weighted by Gasteiger charge is -2.35. The number of phenols is 1. The molecule has 2 saturated heterocycles. The predicted molar refractivity (Wildman–Crippen MR) is 156 cm³/mol. The van der Waals surface area contributed by atoms with E-state index in [0.717, 1.165) is 113 Å². The van der Waals surface area contributed by atoms with E-state index in [0.29, 0.717) is 5.75 Å². The molecular formula is C27H42N4O3S3. The van der Waals surface area contributed by atoms with E-state index >= 15 is 0 Å². The van der Waals surface area contributed by atoms with Crippen molar-refractivity contribution >= 4 is 32.9 Å². The topological polar surface area (TPSA) is 73.7 Å². The van der Waals surface area contributed by atoms with Crippen molar-refractivity contribution in [3.8, 4) is 16.2 Å². The molecule has 2 aliphatic rings. The minimum Gasteiger partial charge on any atom is -0.507 e. The normalized spacial score (nSPS) is 18.6. The fraction of sp³-hybridized carbons (Fsp3) is 0.667. The SMILES string of the molecule is CCc1c(-c2cc(CN3CCN(CCCO)CC3)c(O)c(CN3CCN(CCCO)CC3)c2)ssc1=S. The second kappa shape index (κ2) is 14.4. The van der Waals surface area contributed by atoms with Crippen LogP contribution in [-0.4, -0.2) is 114 Å². The van der Waals surface area contributed by atoms with Gasteiger partial charge >= 0.3 is 0 Å². The molecule has 0 atom stereocenters. The Morgan fingerprint density at radius 2 is 1.22 bits per heavy atom. The Morgan fingerprint density at radius 3 is 1.65 bits per heavy atom. The summed E-state index contributed by atoms with van der Waals surface area (Å²) in [6, 6.07) is 4.38. The van der Waals surface area contributed by atoms with Gasteiger partial charge in [0.05, 0.1) is 4.88 Å². The lowest BCUT2D eigenvalue weighted by molar-refractivity contribution is 0.117. The molecule has 2 fully saturated rings. The number of hydrogen-bond donors (Lipinski definition) is 3. The summed E-state index contributed by atoms with van der Waals surface area (Å²) < 4.78 is 0.983. The molecular weight excluding hydrogens is 525 g/mol. The summed E-state index contributed by atoms with van der Waals surface area (Å²) in [5, 5.41) is 29.7. The molecule has 206 valence electrons. The fourth-order valence-electron chi connectivity index (χ4n) is 5.34. The van der Waals surface area contributed by atoms with E-state index in [1.165, 1.54) is 16.0 Å². The van der Waals surface area contributed by atoms with E-state index in [2.05, 4.69) is 38.7 Å². The second-order valence-corrected chi connectivity index (χ2v) is 13.0. The van der Waals surface area contributed by atoms with Gasteiger partial charge in [0.1, 0.15) is 9.57 Å². The molecule has 0 spiro atoms. The zero-order valence-electron chi connectivity index (χ0n) is 22.0. The van der Waals surface area contributed by atoms with Gasteiger partial charge in [-0.05, 0) is 42.5 Å². The summed E-state index contributed by atoms with van der Waals surface area (Å²) in [6.07, 6.45) is 2.58. The molecule has 3 heterocycles. The molecule has 10 heteroatoms. The van der Waals surface area contributed by atoms with Crippen LogP contribution >= 0.6 is 32.9 Å². The van der Waals surface area contributed by atoms with Crippen LogP contribution in [0, 0.1) is 3.82 Å². The van der Waals surface area contributed by atoms with Crippen LogP contribution < -0.4 is 0 Å². The first-order valence-electron chi connectivity index (χ1n) is 13.6. The van der Waals surface area contributed by atoms with Crippen LogP contribution in [-0.2, 0) is 19.5 Å². The summed E-state index contributed by atoms with van der Waals surface area (Å²) in [7, 11) is 3.44. The molecule has 0 saturated carbocycles. The summed E-state index contributed by atoms with van der Waals surface area (Å²) in [4.78, 5) is 11.0. The molecule has 37 heavy (non-hydrogen) atoms. The van der Waals surface area contributed by atoms with E-state index in [-0.39, 0.29) is 13.2 Å². The highest BCUT2D eigenvalue weighted by Crippen LogP contribution is 2.39. The van der Waals surface area contributed by atoms with Gasteiger partial charge < -0.3 is 25.1 Å². The molecule has 7 nitrogen and oxygen atoms in total. The third-order valence-corrected chi connectivity index (χ3v) is 10.8. The Morgan fingerprint density at radius 1 is 0.757 bits per heavy atom. The first-order valence-corrected chi connectivity index (χ1v) is 16.2. The van der Waals surface area contributed by atoms with Crippen LogP contribution in [0.2, 0.25) is 0 Å². The smallest absolute Gasteiger partial charge is 0.124 e. The highest BCUT2D eigenvalue weighted by Gasteiger charge is 2.23. The molecule has 4 rings (SSSR count). The monoisotopic (exact) mass is 566 g/mol. The van der Waals surface area contributed by atoms with Gasteiger partial charge in [0, 0.05) is 103 Å². The second-order valence-electron chi connectivity index (χ2n) is 10.1. The average molecular weight is 567 g/mol. The standard InChI is InChI=1S/C27H42N4O3S3/c1-2-24-26(36-37-27(24)35)21-17-22(19-30-11-7-28(8-12-30)5-3-15-32)25(34)23(18-21)20-31-13-9-29(10-14-31)6-4-16-33/h17-18,32-34H,2-16,19-20H2,1H3. The van der Waals surface area contributed by atoms with Crippen molar-refractivity contribution in [3.05, 3.63) is 32.6 Å². The highest BCUT2D eigenvalue weighted by atomic mass is 32.9. The Kier molecular flexibility index (Phi) is 11.3. The third-order valence-electron chi connectivity index (χ3n) is 7.59. The first-order chi connectivity index (χ1) is 18.0. The lowest BCUT2D eigenvalue weighted by Crippen LogP contribution is -2.46. The Hall–Kier alpha value is -0.950. The van der Waals surface area contributed by atoms with Crippen molar-refractivity contribution in [2.45, 2.75) is 39.3 Å². The maximum absolute atomic E-state index is 11.4. The number of aliphatic hydroxyl groups excluding tert-OH is 2. The number of piperazine rings is 2. The molecule has 0 radical (unpaired) electrons. The van der Waals surface area contributed by atoms with Crippen molar-refractivity contribution in [2.75, 3.05) is 78.7 Å². The van der Waals surface area contributed by atoms with Gasteiger partial charge in [0.15, 0.2) is 0 Å². The van der Waals surface area contributed by atoms with Crippen molar-refractivity contribution in [1.29, 1.82) is 0 Å². The molecule has 0 unspecified atom stereocenters. The largest absolute Gasteiger partial charge is 0.507 e. The zero-order chi connectivity index (χ0) is 26.2. The number of hydrogen-bond acceptors (Lipinski definition) is 10. The summed E-state index contributed by atoms with van der Waals surface area (Å²) in [5.74, 6) is 0.436. The van der Waals surface area contributed by atoms with E-state index in [1.807, 2.05) is 0 Å². The maximum Gasteiger partial charge on any atom is 0.124 e. The molecule has 1 aromatic heterocycles. The molecule has 3 N–H and O–H groups in total. The van der Waals surface area contributed by atoms with Gasteiger partial charge in [-0.2, -0.15) is 0 Å². The van der Waals surface area contributed by atoms with E-state index in [9.17, 15) is 5.11 Å². The molecule has 0 aliphatic carbocycles. The van der Waals surface area contributed by atoms with Crippen LogP contribution in [0.4, 0.5) is 0 Å². The summed E-state index contributed by atoms with van der Waals surface area (Å²) in [5.41, 5.74) is 4.44. The fourth-order valence-corrected chi connectivity index (χ4v) is 8.46. The number of aromatic hydroxyl groups is 1. The van der Waals surface area contributed by atoms with Crippen LogP contribution in [0.25, 0.3) is 10.4 Å². The summed E-state index contributed by atoms with van der Waals surface area (Å²) >= 11 is 5.63. The van der Waals surface area contributed by atoms with E-state index < -0.39 is 0 Å². The van der Waals surface area contributed by atoms with Crippen molar-refractivity contribution < 1.29 is 15.3 Å². The average Bonchev–Trinajstić information content (AvgIpc) is 3.30. The molecule has 0 bridgehead atoms. The van der Waals surface area contributed by atoms with Crippen LogP contribution in [0.1, 0.15) is 36.5 Å². The molecule has 1 aromatic carbocycles. The molecule has 2 aliphatic heterocycles. The number of rotatable bonds is 12. The Labute approximate surface area is 233 Å². The van der Waals surface area contributed by atoms with Crippen molar-refractivity contribution in [3.63, 3.8) is 0 Å². The number of benzene rings is 1. The highest BCUT2D eigenvalue weighted by molar-refractivity contribution is 7.80. The van der Waals surface area contributed by atoms with Crippen molar-refractivity contribution in [2.24, 2.45) is 0 Å². The molecule has 0 amide bonds. The third kappa shape index (κ3) is 7.80. The Balaban J connectivity index is 1.52. The van der Waals surface area contributed by atoms with Gasteiger partial charge in [-0.25, -0.2) is 0 Å². The van der Waals surface area contributed by atoms with Crippen molar-refractivity contribution in [1.82, 2.24) is 19.6 Å². The van der Waals surface area contributed by atoms with Gasteiger partial charge in [-0.15, -0.1) is 0 Å². The zero-order valence-corrected chi connectivity index (χ0v) is 24.5. The van der Waals surface area contributed by atoms with E-state index in [1.54, 1.807) is 20.7 Å². The molecule has 2 aromatic rings. The van der Waals surface area contributed by atoms with Crippen LogP contribution in [0.3, 0.4) is 0 Å². The number of nitrogens with zero attached hydrogens (tertiary/aromatic N) is 4. The first kappa shape index (κ1) is 29.0. The Bertz CT molecular complexity index is 993. The van der Waals surface area contributed by atoms with Crippen LogP contribution in [0.5, 0.6) is 5.75 Å². The van der Waals surface area contributed by atoms with Gasteiger partial charge in [0.2, 0.25) is 0 Å². The van der Waals surface area contributed by atoms with Crippen LogP contribution in [0.15, 0.2) is 12.1 Å².